The van der Waals surface area contributed by atoms with E-state index in [9.17, 15) is 0 Å². The first-order valence-electron chi connectivity index (χ1n) is 6.23. The molecule has 0 aliphatic heterocycles. The van der Waals surface area contributed by atoms with Crippen molar-refractivity contribution in [2.24, 2.45) is 11.3 Å². The van der Waals surface area contributed by atoms with E-state index in [1.807, 2.05) is 0 Å². The minimum atomic E-state index is 0.662. The van der Waals surface area contributed by atoms with Gasteiger partial charge in [0, 0.05) is 0 Å². The van der Waals surface area contributed by atoms with Gasteiger partial charge in [-0.2, -0.15) is 0 Å². The molecule has 1 fully saturated rings. The maximum absolute atomic E-state index is 2.52. The van der Waals surface area contributed by atoms with Crippen LogP contribution in [-0.2, 0) is 0 Å². The average Bonchev–Trinajstić information content (AvgIpc) is 2.19. The van der Waals surface area contributed by atoms with Gasteiger partial charge in [0.2, 0.25) is 0 Å². The molecule has 0 bridgehead atoms. The fourth-order valence-corrected chi connectivity index (χ4v) is 3.04. The molecule has 1 rings (SSSR count). The second-order valence-electron chi connectivity index (χ2n) is 5.09. The minimum absolute atomic E-state index is 0.662. The summed E-state index contributed by atoms with van der Waals surface area (Å²) in [5, 5.41) is 0. The molecule has 1 saturated carbocycles. The summed E-state index contributed by atoms with van der Waals surface area (Å²) in [4.78, 5) is 0. The van der Waals surface area contributed by atoms with Gasteiger partial charge in [0.25, 0.3) is 0 Å². The zero-order valence-corrected chi connectivity index (χ0v) is 9.73. The zero-order chi connectivity index (χ0) is 9.73. The largest absolute Gasteiger partial charge is 0.0654 e. The Bertz CT molecular complexity index is 133. The van der Waals surface area contributed by atoms with Crippen molar-refractivity contribution in [1.29, 1.82) is 0 Å². The molecule has 0 aromatic carbocycles. The van der Waals surface area contributed by atoms with Crippen LogP contribution in [0.15, 0.2) is 0 Å². The highest BCUT2D eigenvalue weighted by Gasteiger charge is 2.32. The van der Waals surface area contributed by atoms with Crippen LogP contribution in [0.3, 0.4) is 0 Å². The highest BCUT2D eigenvalue weighted by atomic mass is 14.4. The maximum Gasteiger partial charge on any atom is -0.0300 e. The molecule has 0 radical (unpaired) electrons. The van der Waals surface area contributed by atoms with Gasteiger partial charge in [-0.1, -0.05) is 52.9 Å². The zero-order valence-electron chi connectivity index (χ0n) is 9.73. The van der Waals surface area contributed by atoms with Crippen LogP contribution >= 0.6 is 0 Å². The molecule has 0 spiro atoms. The fraction of sp³-hybridized carbons (Fsp3) is 1.00. The Balaban J connectivity index is 2.51. The highest BCUT2D eigenvalue weighted by molar-refractivity contribution is 4.83. The van der Waals surface area contributed by atoms with Crippen molar-refractivity contribution in [1.82, 2.24) is 0 Å². The lowest BCUT2D eigenvalue weighted by Crippen LogP contribution is -2.28. The summed E-state index contributed by atoms with van der Waals surface area (Å²) in [6.07, 6.45) is 11.7. The quantitative estimate of drug-likeness (QED) is 0.587. The highest BCUT2D eigenvalue weighted by Crippen LogP contribution is 2.43. The third-order valence-corrected chi connectivity index (χ3v) is 4.22. The molecule has 0 heteroatoms. The summed E-state index contributed by atoms with van der Waals surface area (Å²) >= 11 is 0. The molecule has 0 heterocycles. The third kappa shape index (κ3) is 2.72. The smallest absolute Gasteiger partial charge is 0.0300 e. The fourth-order valence-electron chi connectivity index (χ4n) is 3.04. The Kier molecular flexibility index (Phi) is 4.28. The topological polar surface area (TPSA) is 0 Å². The number of rotatable bonds is 4. The van der Waals surface area contributed by atoms with E-state index >= 15 is 0 Å². The lowest BCUT2D eigenvalue weighted by atomic mass is 9.66. The van der Waals surface area contributed by atoms with E-state index in [0.29, 0.717) is 5.41 Å². The van der Waals surface area contributed by atoms with Gasteiger partial charge >= 0.3 is 0 Å². The van der Waals surface area contributed by atoms with E-state index in [-0.39, 0.29) is 0 Å². The summed E-state index contributed by atoms with van der Waals surface area (Å²) in [5.74, 6) is 1.03. The van der Waals surface area contributed by atoms with Crippen molar-refractivity contribution >= 4 is 0 Å². The van der Waals surface area contributed by atoms with Crippen LogP contribution in [0, 0.1) is 11.3 Å². The standard InChI is InChI=1S/C13H26/c1-4-11-13(3,5-2)12-9-7-6-8-10-12/h12H,4-11H2,1-3H3/t13-/m0/s1. The lowest BCUT2D eigenvalue weighted by molar-refractivity contribution is 0.118. The molecule has 1 aliphatic rings. The molecule has 78 valence electrons. The summed E-state index contributed by atoms with van der Waals surface area (Å²) < 4.78 is 0. The molecule has 0 unspecified atom stereocenters. The van der Waals surface area contributed by atoms with E-state index in [4.69, 9.17) is 0 Å². The van der Waals surface area contributed by atoms with Crippen LogP contribution < -0.4 is 0 Å². The predicted octanol–water partition coefficient (Wildman–Crippen LogP) is 4.78. The average molecular weight is 182 g/mol. The molecule has 0 amide bonds. The van der Waals surface area contributed by atoms with Crippen molar-refractivity contribution in [3.8, 4) is 0 Å². The third-order valence-electron chi connectivity index (χ3n) is 4.22. The first-order valence-corrected chi connectivity index (χ1v) is 6.23. The van der Waals surface area contributed by atoms with Gasteiger partial charge in [-0.15, -0.1) is 0 Å². The van der Waals surface area contributed by atoms with Crippen LogP contribution in [-0.4, -0.2) is 0 Å². The molecule has 0 saturated heterocycles. The van der Waals surface area contributed by atoms with Gasteiger partial charge in [0.1, 0.15) is 0 Å². The van der Waals surface area contributed by atoms with E-state index in [0.717, 1.165) is 5.92 Å². The van der Waals surface area contributed by atoms with Gasteiger partial charge in [-0.25, -0.2) is 0 Å². The number of hydrogen-bond acceptors (Lipinski definition) is 0. The van der Waals surface area contributed by atoms with Gasteiger partial charge in [-0.3, -0.25) is 0 Å². The van der Waals surface area contributed by atoms with E-state index in [1.54, 1.807) is 0 Å². The molecule has 1 atom stereocenters. The van der Waals surface area contributed by atoms with Crippen molar-refractivity contribution in [3.05, 3.63) is 0 Å². The number of hydrogen-bond donors (Lipinski definition) is 0. The van der Waals surface area contributed by atoms with Crippen LogP contribution in [0.2, 0.25) is 0 Å². The summed E-state index contributed by atoms with van der Waals surface area (Å²) in [6.45, 7) is 7.23. The first kappa shape index (κ1) is 11.1. The predicted molar refractivity (Wildman–Crippen MR) is 59.9 cm³/mol. The molecule has 1 aliphatic carbocycles. The second-order valence-corrected chi connectivity index (χ2v) is 5.09. The summed E-state index contributed by atoms with van der Waals surface area (Å²) in [5.41, 5.74) is 0.662. The summed E-state index contributed by atoms with van der Waals surface area (Å²) in [7, 11) is 0. The van der Waals surface area contributed by atoms with Crippen LogP contribution in [0.5, 0.6) is 0 Å². The minimum Gasteiger partial charge on any atom is -0.0654 e. The first-order chi connectivity index (χ1) is 6.23. The van der Waals surface area contributed by atoms with Crippen LogP contribution in [0.1, 0.15) is 72.1 Å². The normalized spacial score (nSPS) is 24.2. The van der Waals surface area contributed by atoms with E-state index < -0.39 is 0 Å². The Morgan fingerprint density at radius 1 is 1.08 bits per heavy atom. The molecule has 0 aromatic rings. The van der Waals surface area contributed by atoms with Gasteiger partial charge in [0.15, 0.2) is 0 Å². The Hall–Kier alpha value is 0. The second kappa shape index (κ2) is 5.02. The van der Waals surface area contributed by atoms with Crippen molar-refractivity contribution in [2.45, 2.75) is 72.1 Å². The molecule has 13 heavy (non-hydrogen) atoms. The molecule has 0 N–H and O–H groups in total. The van der Waals surface area contributed by atoms with E-state index in [2.05, 4.69) is 20.8 Å². The lowest BCUT2D eigenvalue weighted by Gasteiger charge is -2.39. The molecule has 0 nitrogen and oxygen atoms in total. The maximum atomic E-state index is 2.52. The van der Waals surface area contributed by atoms with Crippen molar-refractivity contribution in [3.63, 3.8) is 0 Å². The van der Waals surface area contributed by atoms with Crippen LogP contribution in [0.25, 0.3) is 0 Å². The van der Waals surface area contributed by atoms with Gasteiger partial charge in [0.05, 0.1) is 0 Å². The monoisotopic (exact) mass is 182 g/mol. The molecule has 0 aromatic heterocycles. The Morgan fingerprint density at radius 2 is 1.69 bits per heavy atom. The summed E-state index contributed by atoms with van der Waals surface area (Å²) in [6, 6.07) is 0. The van der Waals surface area contributed by atoms with Gasteiger partial charge < -0.3 is 0 Å². The Morgan fingerprint density at radius 3 is 2.15 bits per heavy atom. The van der Waals surface area contributed by atoms with Crippen molar-refractivity contribution < 1.29 is 0 Å². The molecular weight excluding hydrogens is 156 g/mol. The molecular formula is C13H26. The van der Waals surface area contributed by atoms with Gasteiger partial charge in [-0.05, 0) is 30.6 Å². The van der Waals surface area contributed by atoms with Crippen molar-refractivity contribution in [2.75, 3.05) is 0 Å². The van der Waals surface area contributed by atoms with Crippen LogP contribution in [0.4, 0.5) is 0 Å². The SMILES string of the molecule is CCC[C@](C)(CC)C1CCCCC1. The Labute approximate surface area is 84.1 Å². The van der Waals surface area contributed by atoms with E-state index in [1.165, 1.54) is 51.4 Å².